The number of nitrogens with zero attached hydrogens (tertiary/aromatic N) is 2. The molecule has 0 saturated carbocycles. The third kappa shape index (κ3) is 5.01. The van der Waals surface area contributed by atoms with Gasteiger partial charge in [0.1, 0.15) is 35.9 Å². The molecule has 7 heteroatoms. The van der Waals surface area contributed by atoms with Crippen molar-refractivity contribution in [3.05, 3.63) is 72.3 Å². The molecular formula is C25H27N3O4. The number of aromatic nitrogens is 2. The fourth-order valence-corrected chi connectivity index (χ4v) is 3.60. The SMILES string of the molecule is C[C@H](O)c1nccn1[C@@H](C#Cc1ccc(-c2ccc(O[C@@H]3COC[C@H]3O)cc2)cc1)CN. The van der Waals surface area contributed by atoms with Crippen LogP contribution in [-0.4, -0.2) is 51.7 Å². The first-order valence-corrected chi connectivity index (χ1v) is 10.6. The van der Waals surface area contributed by atoms with Gasteiger partial charge in [0.05, 0.1) is 13.2 Å². The van der Waals surface area contributed by atoms with Gasteiger partial charge in [-0.2, -0.15) is 0 Å². The summed E-state index contributed by atoms with van der Waals surface area (Å²) in [5, 5.41) is 19.7. The molecule has 1 saturated heterocycles. The Kier molecular flexibility index (Phi) is 6.88. The maximum absolute atomic E-state index is 9.86. The molecular weight excluding hydrogens is 406 g/mol. The number of hydrogen-bond donors (Lipinski definition) is 3. The Bertz CT molecular complexity index is 1080. The van der Waals surface area contributed by atoms with Gasteiger partial charge in [-0.05, 0) is 42.3 Å². The van der Waals surface area contributed by atoms with Crippen LogP contribution >= 0.6 is 0 Å². The Hall–Kier alpha value is -3.15. The van der Waals surface area contributed by atoms with E-state index in [-0.39, 0.29) is 12.1 Å². The zero-order valence-corrected chi connectivity index (χ0v) is 17.9. The van der Waals surface area contributed by atoms with Gasteiger partial charge in [-0.3, -0.25) is 0 Å². The molecule has 1 aliphatic heterocycles. The van der Waals surface area contributed by atoms with Gasteiger partial charge < -0.3 is 30.0 Å². The van der Waals surface area contributed by atoms with E-state index < -0.39 is 12.2 Å². The highest BCUT2D eigenvalue weighted by Crippen LogP contribution is 2.24. The van der Waals surface area contributed by atoms with Crippen molar-refractivity contribution in [2.45, 2.75) is 31.3 Å². The highest BCUT2D eigenvalue weighted by molar-refractivity contribution is 5.65. The third-order valence-electron chi connectivity index (χ3n) is 5.37. The van der Waals surface area contributed by atoms with Crippen molar-refractivity contribution in [3.63, 3.8) is 0 Å². The Morgan fingerprint density at radius 1 is 1.16 bits per heavy atom. The molecule has 32 heavy (non-hydrogen) atoms. The van der Waals surface area contributed by atoms with Crippen molar-refractivity contribution in [3.8, 4) is 28.7 Å². The van der Waals surface area contributed by atoms with Crippen LogP contribution in [0.3, 0.4) is 0 Å². The van der Waals surface area contributed by atoms with Crippen LogP contribution < -0.4 is 10.5 Å². The van der Waals surface area contributed by atoms with E-state index in [0.29, 0.717) is 31.3 Å². The van der Waals surface area contributed by atoms with E-state index in [9.17, 15) is 10.2 Å². The molecule has 166 valence electrons. The first-order chi connectivity index (χ1) is 15.5. The van der Waals surface area contributed by atoms with Gasteiger partial charge in [0.2, 0.25) is 0 Å². The molecule has 1 aromatic heterocycles. The largest absolute Gasteiger partial charge is 0.485 e. The second kappa shape index (κ2) is 9.98. The fourth-order valence-electron chi connectivity index (χ4n) is 3.60. The van der Waals surface area contributed by atoms with Crippen LogP contribution in [0.4, 0.5) is 0 Å². The van der Waals surface area contributed by atoms with E-state index in [2.05, 4.69) is 16.8 Å². The lowest BCUT2D eigenvalue weighted by atomic mass is 10.0. The predicted molar refractivity (Wildman–Crippen MR) is 121 cm³/mol. The fraction of sp³-hybridized carbons (Fsp3) is 0.320. The summed E-state index contributed by atoms with van der Waals surface area (Å²) in [6, 6.07) is 15.5. The Labute approximate surface area is 187 Å². The summed E-state index contributed by atoms with van der Waals surface area (Å²) >= 11 is 0. The van der Waals surface area contributed by atoms with Crippen molar-refractivity contribution in [1.29, 1.82) is 0 Å². The minimum Gasteiger partial charge on any atom is -0.485 e. The standard InChI is InChI=1S/C25H27N3O4/c1-17(29)25-27-12-13-28(25)21(14-26)9-4-18-2-5-19(6-3-18)20-7-10-22(11-8-20)32-24-16-31-15-23(24)30/h2-3,5-8,10-13,17,21,23-24,29-30H,14-16,26H2,1H3/t17-,21-,23+,24+/m0/s1. The van der Waals surface area contributed by atoms with Gasteiger partial charge in [-0.25, -0.2) is 4.98 Å². The van der Waals surface area contributed by atoms with Gasteiger partial charge in [-0.1, -0.05) is 36.1 Å². The normalized spacial score (nSPS) is 19.8. The summed E-state index contributed by atoms with van der Waals surface area (Å²) in [7, 11) is 0. The number of aliphatic hydroxyl groups excluding tert-OH is 2. The van der Waals surface area contributed by atoms with Crippen LogP contribution in [0.5, 0.6) is 5.75 Å². The molecule has 1 fully saturated rings. The molecule has 0 bridgehead atoms. The van der Waals surface area contributed by atoms with Crippen molar-refractivity contribution in [1.82, 2.24) is 9.55 Å². The van der Waals surface area contributed by atoms with Crippen molar-refractivity contribution in [2.75, 3.05) is 19.8 Å². The monoisotopic (exact) mass is 433 g/mol. The molecule has 0 aliphatic carbocycles. The maximum atomic E-state index is 9.86. The van der Waals surface area contributed by atoms with E-state index >= 15 is 0 Å². The van der Waals surface area contributed by atoms with Gasteiger partial charge >= 0.3 is 0 Å². The molecule has 0 radical (unpaired) electrons. The molecule has 0 unspecified atom stereocenters. The van der Waals surface area contributed by atoms with Gasteiger partial charge in [0.15, 0.2) is 0 Å². The minimum absolute atomic E-state index is 0.266. The lowest BCUT2D eigenvalue weighted by molar-refractivity contribution is 0.0733. The molecule has 2 aromatic carbocycles. The zero-order chi connectivity index (χ0) is 22.5. The van der Waals surface area contributed by atoms with E-state index in [0.717, 1.165) is 16.7 Å². The smallest absolute Gasteiger partial charge is 0.150 e. The summed E-state index contributed by atoms with van der Waals surface area (Å²) in [6.07, 6.45) is 1.82. The number of aliphatic hydroxyl groups is 2. The molecule has 1 aliphatic rings. The van der Waals surface area contributed by atoms with Crippen LogP contribution in [-0.2, 0) is 4.74 Å². The van der Waals surface area contributed by atoms with Gasteiger partial charge in [0, 0.05) is 24.5 Å². The average molecular weight is 434 g/mol. The molecule has 7 nitrogen and oxygen atoms in total. The quantitative estimate of drug-likeness (QED) is 0.516. The number of benzene rings is 2. The number of hydrogen-bond acceptors (Lipinski definition) is 6. The third-order valence-corrected chi connectivity index (χ3v) is 5.37. The average Bonchev–Trinajstić information content (AvgIpc) is 3.45. The first-order valence-electron chi connectivity index (χ1n) is 10.6. The number of ether oxygens (including phenoxy) is 2. The highest BCUT2D eigenvalue weighted by Gasteiger charge is 2.27. The number of nitrogens with two attached hydrogens (primary N) is 1. The number of imidazole rings is 1. The maximum Gasteiger partial charge on any atom is 0.150 e. The molecule has 4 atom stereocenters. The summed E-state index contributed by atoms with van der Waals surface area (Å²) in [5.74, 6) is 7.60. The predicted octanol–water partition coefficient (Wildman–Crippen LogP) is 2.29. The molecule has 4 rings (SSSR count). The molecule has 4 N–H and O–H groups in total. The molecule has 2 heterocycles. The van der Waals surface area contributed by atoms with Gasteiger partial charge in [-0.15, -0.1) is 0 Å². The number of rotatable bonds is 6. The van der Waals surface area contributed by atoms with E-state index in [1.165, 1.54) is 0 Å². The second-order valence-electron chi connectivity index (χ2n) is 7.75. The van der Waals surface area contributed by atoms with E-state index in [4.69, 9.17) is 15.2 Å². The first kappa shape index (κ1) is 22.1. The van der Waals surface area contributed by atoms with Crippen LogP contribution in [0.2, 0.25) is 0 Å². The Morgan fingerprint density at radius 3 is 2.44 bits per heavy atom. The van der Waals surface area contributed by atoms with Crippen LogP contribution in [0.25, 0.3) is 11.1 Å². The van der Waals surface area contributed by atoms with E-state index in [1.807, 2.05) is 53.1 Å². The zero-order valence-electron chi connectivity index (χ0n) is 17.9. The summed E-state index contributed by atoms with van der Waals surface area (Å²) in [4.78, 5) is 4.19. The van der Waals surface area contributed by atoms with E-state index in [1.54, 1.807) is 19.3 Å². The molecule has 3 aromatic rings. The van der Waals surface area contributed by atoms with Crippen molar-refractivity contribution in [2.24, 2.45) is 5.73 Å². The van der Waals surface area contributed by atoms with Crippen LogP contribution in [0.1, 0.15) is 30.5 Å². The summed E-state index contributed by atoms with van der Waals surface area (Å²) in [6.45, 7) is 2.70. The van der Waals surface area contributed by atoms with Crippen LogP contribution in [0.15, 0.2) is 60.9 Å². The van der Waals surface area contributed by atoms with Crippen LogP contribution in [0, 0.1) is 11.8 Å². The summed E-state index contributed by atoms with van der Waals surface area (Å²) < 4.78 is 12.8. The topological polar surface area (TPSA) is 103 Å². The Morgan fingerprint density at radius 2 is 1.84 bits per heavy atom. The lowest BCUT2D eigenvalue weighted by Gasteiger charge is -2.15. The minimum atomic E-state index is -0.687. The summed E-state index contributed by atoms with van der Waals surface area (Å²) in [5.41, 5.74) is 8.90. The van der Waals surface area contributed by atoms with Gasteiger partial charge in [0.25, 0.3) is 0 Å². The van der Waals surface area contributed by atoms with Crippen molar-refractivity contribution >= 4 is 0 Å². The molecule has 0 spiro atoms. The van der Waals surface area contributed by atoms with Crippen molar-refractivity contribution < 1.29 is 19.7 Å². The Balaban J connectivity index is 1.44. The lowest BCUT2D eigenvalue weighted by Crippen LogP contribution is -2.29. The second-order valence-corrected chi connectivity index (χ2v) is 7.75. The highest BCUT2D eigenvalue weighted by atomic mass is 16.6. The molecule has 0 amide bonds.